The molecule has 4 N–H and O–H groups in total. The van der Waals surface area contributed by atoms with Crippen LogP contribution in [0.3, 0.4) is 0 Å². The van der Waals surface area contributed by atoms with E-state index in [9.17, 15) is 9.90 Å². The lowest BCUT2D eigenvalue weighted by molar-refractivity contribution is -0.124. The highest BCUT2D eigenvalue weighted by Gasteiger charge is 2.15. The number of methoxy groups -OCH3 is 1. The van der Waals surface area contributed by atoms with Crippen molar-refractivity contribution in [3.63, 3.8) is 0 Å². The zero-order valence-electron chi connectivity index (χ0n) is 11.2. The van der Waals surface area contributed by atoms with Gasteiger partial charge < -0.3 is 20.9 Å². The van der Waals surface area contributed by atoms with E-state index in [0.717, 1.165) is 5.56 Å². The molecule has 5 nitrogen and oxygen atoms in total. The van der Waals surface area contributed by atoms with Gasteiger partial charge in [-0.05, 0) is 12.0 Å². The van der Waals surface area contributed by atoms with Crippen LogP contribution in [0.4, 0.5) is 0 Å². The smallest absolute Gasteiger partial charge is 0.222 e. The Morgan fingerprint density at radius 2 is 2.11 bits per heavy atom. The molecule has 106 valence electrons. The predicted molar refractivity (Wildman–Crippen MR) is 73.6 cm³/mol. The first-order chi connectivity index (χ1) is 9.19. The lowest BCUT2D eigenvalue weighted by Crippen LogP contribution is -2.41. The van der Waals surface area contributed by atoms with Gasteiger partial charge in [-0.2, -0.15) is 0 Å². The second-order valence-electron chi connectivity index (χ2n) is 4.43. The molecule has 1 aromatic carbocycles. The molecule has 0 saturated carbocycles. The molecule has 0 aliphatic heterocycles. The number of rotatable bonds is 8. The van der Waals surface area contributed by atoms with Crippen LogP contribution in [0.5, 0.6) is 0 Å². The molecule has 2 atom stereocenters. The maximum atomic E-state index is 11.8. The van der Waals surface area contributed by atoms with Crippen molar-refractivity contribution in [1.29, 1.82) is 0 Å². The van der Waals surface area contributed by atoms with E-state index in [1.807, 2.05) is 30.3 Å². The third-order valence-corrected chi connectivity index (χ3v) is 2.92. The van der Waals surface area contributed by atoms with E-state index in [1.54, 1.807) is 0 Å². The van der Waals surface area contributed by atoms with Crippen molar-refractivity contribution in [2.75, 3.05) is 20.3 Å². The number of hydrogen-bond donors (Lipinski definition) is 3. The Balaban J connectivity index is 2.46. The van der Waals surface area contributed by atoms with Crippen LogP contribution in [0.15, 0.2) is 30.3 Å². The van der Waals surface area contributed by atoms with Gasteiger partial charge in [-0.3, -0.25) is 4.79 Å². The summed E-state index contributed by atoms with van der Waals surface area (Å²) in [6, 6.07) is 9.44. The highest BCUT2D eigenvalue weighted by Crippen LogP contribution is 2.04. The summed E-state index contributed by atoms with van der Waals surface area (Å²) in [4.78, 5) is 11.8. The van der Waals surface area contributed by atoms with Crippen LogP contribution in [0.1, 0.15) is 12.0 Å². The predicted octanol–water partition coefficient (Wildman–Crippen LogP) is 0.0700. The van der Waals surface area contributed by atoms with E-state index in [1.165, 1.54) is 7.11 Å². The standard InChI is InChI=1S/C14H22N2O3/c1-19-13(9-15)8-14(18)16-12(10-17)7-11-5-3-2-4-6-11/h2-6,12-13,17H,7-10,15H2,1H3,(H,16,18)/t12-,13?/m1/s1. The molecule has 1 rings (SSSR count). The van der Waals surface area contributed by atoms with Gasteiger partial charge in [-0.15, -0.1) is 0 Å². The molecule has 0 aromatic heterocycles. The number of ether oxygens (including phenoxy) is 1. The number of nitrogens with two attached hydrogens (primary N) is 1. The van der Waals surface area contributed by atoms with Crippen molar-refractivity contribution in [3.05, 3.63) is 35.9 Å². The van der Waals surface area contributed by atoms with E-state index in [0.29, 0.717) is 13.0 Å². The fourth-order valence-corrected chi connectivity index (χ4v) is 1.82. The summed E-state index contributed by atoms with van der Waals surface area (Å²) in [5.41, 5.74) is 6.54. The van der Waals surface area contributed by atoms with Crippen LogP contribution >= 0.6 is 0 Å². The minimum Gasteiger partial charge on any atom is -0.394 e. The number of aliphatic hydroxyl groups is 1. The number of carbonyl (C=O) groups is 1. The summed E-state index contributed by atoms with van der Waals surface area (Å²) < 4.78 is 5.06. The third kappa shape index (κ3) is 5.83. The number of nitrogens with one attached hydrogen (secondary N) is 1. The Kier molecular flexibility index (Phi) is 7.10. The van der Waals surface area contributed by atoms with Crippen LogP contribution in [0.2, 0.25) is 0 Å². The number of hydrogen-bond acceptors (Lipinski definition) is 4. The first kappa shape index (κ1) is 15.6. The molecule has 0 radical (unpaired) electrons. The molecule has 1 amide bonds. The lowest BCUT2D eigenvalue weighted by atomic mass is 10.1. The van der Waals surface area contributed by atoms with Crippen molar-refractivity contribution in [1.82, 2.24) is 5.32 Å². The Labute approximate surface area is 113 Å². The molecular formula is C14H22N2O3. The number of aliphatic hydroxyl groups excluding tert-OH is 1. The van der Waals surface area contributed by atoms with Gasteiger partial charge in [0.05, 0.1) is 25.2 Å². The molecule has 0 fully saturated rings. The summed E-state index contributed by atoms with van der Waals surface area (Å²) in [6.45, 7) is 0.202. The van der Waals surface area contributed by atoms with Gasteiger partial charge in [0.15, 0.2) is 0 Å². The largest absolute Gasteiger partial charge is 0.394 e. The summed E-state index contributed by atoms with van der Waals surface area (Å²) in [5.74, 6) is -0.160. The zero-order chi connectivity index (χ0) is 14.1. The van der Waals surface area contributed by atoms with Gasteiger partial charge in [-0.1, -0.05) is 30.3 Å². The first-order valence-corrected chi connectivity index (χ1v) is 6.36. The summed E-state index contributed by atoms with van der Waals surface area (Å²) >= 11 is 0. The van der Waals surface area contributed by atoms with Crippen molar-refractivity contribution < 1.29 is 14.6 Å². The van der Waals surface area contributed by atoms with Crippen LogP contribution < -0.4 is 11.1 Å². The van der Waals surface area contributed by atoms with E-state index in [2.05, 4.69) is 5.32 Å². The van der Waals surface area contributed by atoms with Gasteiger partial charge in [0.1, 0.15) is 0 Å². The topological polar surface area (TPSA) is 84.6 Å². The molecule has 19 heavy (non-hydrogen) atoms. The quantitative estimate of drug-likeness (QED) is 0.621. The first-order valence-electron chi connectivity index (χ1n) is 6.36. The minimum atomic E-state index is -0.287. The molecule has 0 heterocycles. The normalized spacial score (nSPS) is 13.8. The lowest BCUT2D eigenvalue weighted by Gasteiger charge is -2.18. The Morgan fingerprint density at radius 1 is 1.42 bits per heavy atom. The van der Waals surface area contributed by atoms with Crippen LogP contribution in [-0.2, 0) is 16.0 Å². The van der Waals surface area contributed by atoms with Crippen molar-refractivity contribution in [2.45, 2.75) is 25.0 Å². The zero-order valence-corrected chi connectivity index (χ0v) is 11.2. The maximum Gasteiger partial charge on any atom is 0.222 e. The van der Waals surface area contributed by atoms with Crippen molar-refractivity contribution >= 4 is 5.91 Å². The number of amides is 1. The monoisotopic (exact) mass is 266 g/mol. The molecule has 1 unspecified atom stereocenters. The van der Waals surface area contributed by atoms with Crippen LogP contribution in [0.25, 0.3) is 0 Å². The molecule has 0 bridgehead atoms. The van der Waals surface area contributed by atoms with Gasteiger partial charge in [0.25, 0.3) is 0 Å². The minimum absolute atomic E-state index is 0.0963. The molecular weight excluding hydrogens is 244 g/mol. The summed E-state index contributed by atoms with van der Waals surface area (Å²) in [7, 11) is 1.53. The van der Waals surface area contributed by atoms with E-state index in [-0.39, 0.29) is 31.1 Å². The highest BCUT2D eigenvalue weighted by atomic mass is 16.5. The molecule has 0 saturated heterocycles. The maximum absolute atomic E-state index is 11.8. The SMILES string of the molecule is COC(CN)CC(=O)N[C@@H](CO)Cc1ccccc1. The molecule has 1 aromatic rings. The van der Waals surface area contributed by atoms with Crippen LogP contribution in [0, 0.1) is 0 Å². The fourth-order valence-electron chi connectivity index (χ4n) is 1.82. The Morgan fingerprint density at radius 3 is 2.63 bits per heavy atom. The molecule has 5 heteroatoms. The average Bonchev–Trinajstić information content (AvgIpc) is 2.45. The van der Waals surface area contributed by atoms with Gasteiger partial charge >= 0.3 is 0 Å². The second-order valence-corrected chi connectivity index (χ2v) is 4.43. The van der Waals surface area contributed by atoms with Gasteiger partial charge in [-0.25, -0.2) is 0 Å². The second kappa shape index (κ2) is 8.63. The fraction of sp³-hybridized carbons (Fsp3) is 0.500. The number of benzene rings is 1. The van der Waals surface area contributed by atoms with E-state index in [4.69, 9.17) is 10.5 Å². The van der Waals surface area contributed by atoms with Gasteiger partial charge in [0, 0.05) is 13.7 Å². The van der Waals surface area contributed by atoms with Crippen molar-refractivity contribution in [3.8, 4) is 0 Å². The average molecular weight is 266 g/mol. The summed E-state index contributed by atoms with van der Waals surface area (Å²) in [5, 5.41) is 12.1. The molecule has 0 aliphatic rings. The van der Waals surface area contributed by atoms with Crippen LogP contribution in [-0.4, -0.2) is 43.4 Å². The van der Waals surface area contributed by atoms with Gasteiger partial charge in [0.2, 0.25) is 5.91 Å². The van der Waals surface area contributed by atoms with E-state index >= 15 is 0 Å². The Hall–Kier alpha value is -1.43. The van der Waals surface area contributed by atoms with Crippen molar-refractivity contribution in [2.24, 2.45) is 5.73 Å². The third-order valence-electron chi connectivity index (χ3n) is 2.92. The van der Waals surface area contributed by atoms with E-state index < -0.39 is 0 Å². The Bertz CT molecular complexity index is 366. The molecule has 0 spiro atoms. The molecule has 0 aliphatic carbocycles. The number of carbonyl (C=O) groups excluding carboxylic acids is 1. The summed E-state index contributed by atoms with van der Waals surface area (Å²) in [6.07, 6.45) is 0.526. The highest BCUT2D eigenvalue weighted by molar-refractivity contribution is 5.76.